The van der Waals surface area contributed by atoms with Crippen LogP contribution in [0.5, 0.6) is 5.75 Å². The van der Waals surface area contributed by atoms with Gasteiger partial charge in [0, 0.05) is 6.54 Å². The first kappa shape index (κ1) is 14.0. The van der Waals surface area contributed by atoms with Crippen LogP contribution < -0.4 is 10.1 Å². The molecule has 1 N–H and O–H groups in total. The molecule has 3 rings (SSSR count). The Bertz CT molecular complexity index is 609. The number of hydrogen-bond donors (Lipinski definition) is 1. The van der Waals surface area contributed by atoms with E-state index >= 15 is 0 Å². The summed E-state index contributed by atoms with van der Waals surface area (Å²) in [6, 6.07) is 4.92. The third kappa shape index (κ3) is 3.78. The third-order valence-corrected chi connectivity index (χ3v) is 3.58. The average Bonchev–Trinajstić information content (AvgIpc) is 3.19. The first-order chi connectivity index (χ1) is 10.2. The van der Waals surface area contributed by atoms with E-state index in [9.17, 15) is 4.39 Å². The summed E-state index contributed by atoms with van der Waals surface area (Å²) in [5.41, 5.74) is 1.74. The van der Waals surface area contributed by atoms with Gasteiger partial charge in [-0.2, -0.15) is 0 Å². The van der Waals surface area contributed by atoms with E-state index in [1.54, 1.807) is 10.7 Å². The van der Waals surface area contributed by atoms with Gasteiger partial charge in [-0.25, -0.2) is 9.07 Å². The lowest BCUT2D eigenvalue weighted by molar-refractivity contribution is 0.386. The number of halogens is 1. The maximum Gasteiger partial charge on any atom is 0.165 e. The standard InChI is InChI=1S/C15H19FN4O/c1-21-15-5-4-12(6-14(15)16)9-20-10-13(18-19-20)8-17-7-11-2-3-11/h4-6,10-11,17H,2-3,7-9H2,1H3. The third-order valence-electron chi connectivity index (χ3n) is 3.58. The van der Waals surface area contributed by atoms with E-state index in [-0.39, 0.29) is 11.6 Å². The molecular formula is C15H19FN4O. The summed E-state index contributed by atoms with van der Waals surface area (Å²) < 4.78 is 20.2. The van der Waals surface area contributed by atoms with Crippen molar-refractivity contribution in [2.75, 3.05) is 13.7 Å². The normalized spacial score (nSPS) is 14.4. The van der Waals surface area contributed by atoms with Crippen LogP contribution in [0.3, 0.4) is 0 Å². The highest BCUT2D eigenvalue weighted by Crippen LogP contribution is 2.27. The predicted molar refractivity (Wildman–Crippen MR) is 76.5 cm³/mol. The molecular weight excluding hydrogens is 271 g/mol. The molecule has 6 heteroatoms. The molecule has 0 bridgehead atoms. The van der Waals surface area contributed by atoms with Crippen LogP contribution in [0.1, 0.15) is 24.1 Å². The van der Waals surface area contributed by atoms with Crippen molar-refractivity contribution in [2.24, 2.45) is 5.92 Å². The molecule has 0 radical (unpaired) electrons. The highest BCUT2D eigenvalue weighted by Gasteiger charge is 2.20. The second kappa shape index (κ2) is 6.22. The number of rotatable bonds is 7. The quantitative estimate of drug-likeness (QED) is 0.847. The SMILES string of the molecule is COc1ccc(Cn2cc(CNCC3CC3)nn2)cc1F. The molecule has 0 amide bonds. The van der Waals surface area contributed by atoms with E-state index in [1.165, 1.54) is 26.0 Å². The predicted octanol–water partition coefficient (Wildman–Crippen LogP) is 1.97. The summed E-state index contributed by atoms with van der Waals surface area (Å²) in [6.45, 7) is 2.28. The molecule has 0 atom stereocenters. The summed E-state index contributed by atoms with van der Waals surface area (Å²) in [5, 5.41) is 11.6. The number of nitrogens with one attached hydrogen (secondary N) is 1. The van der Waals surface area contributed by atoms with Crippen molar-refractivity contribution in [1.82, 2.24) is 20.3 Å². The first-order valence-corrected chi connectivity index (χ1v) is 7.17. The zero-order valence-electron chi connectivity index (χ0n) is 12.1. The van der Waals surface area contributed by atoms with Crippen LogP contribution in [0.25, 0.3) is 0 Å². The number of ether oxygens (including phenoxy) is 1. The molecule has 1 aromatic carbocycles. The molecule has 0 saturated heterocycles. The van der Waals surface area contributed by atoms with E-state index in [0.717, 1.165) is 30.3 Å². The fourth-order valence-corrected chi connectivity index (χ4v) is 2.22. The molecule has 1 aromatic heterocycles. The van der Waals surface area contributed by atoms with Crippen molar-refractivity contribution < 1.29 is 9.13 Å². The number of hydrogen-bond acceptors (Lipinski definition) is 4. The van der Waals surface area contributed by atoms with Gasteiger partial charge in [0.1, 0.15) is 0 Å². The Hall–Kier alpha value is -1.95. The van der Waals surface area contributed by atoms with Crippen LogP contribution in [-0.4, -0.2) is 28.6 Å². The molecule has 1 saturated carbocycles. The largest absolute Gasteiger partial charge is 0.494 e. The van der Waals surface area contributed by atoms with E-state index in [0.29, 0.717) is 6.54 Å². The Morgan fingerprint density at radius 1 is 1.43 bits per heavy atom. The van der Waals surface area contributed by atoms with Gasteiger partial charge in [-0.15, -0.1) is 5.10 Å². The van der Waals surface area contributed by atoms with Gasteiger partial charge in [0.05, 0.1) is 25.5 Å². The molecule has 1 aliphatic carbocycles. The lowest BCUT2D eigenvalue weighted by Crippen LogP contribution is -2.16. The molecule has 1 heterocycles. The van der Waals surface area contributed by atoms with Crippen LogP contribution in [0, 0.1) is 11.7 Å². The minimum atomic E-state index is -0.360. The van der Waals surface area contributed by atoms with E-state index < -0.39 is 0 Å². The maximum atomic E-state index is 13.6. The summed E-state index contributed by atoms with van der Waals surface area (Å²) in [5.74, 6) is 0.742. The number of benzene rings is 1. The average molecular weight is 290 g/mol. The molecule has 5 nitrogen and oxygen atoms in total. The van der Waals surface area contributed by atoms with Gasteiger partial charge in [0.25, 0.3) is 0 Å². The molecule has 1 fully saturated rings. The molecule has 1 aliphatic rings. The van der Waals surface area contributed by atoms with Crippen molar-refractivity contribution in [2.45, 2.75) is 25.9 Å². The maximum absolute atomic E-state index is 13.6. The van der Waals surface area contributed by atoms with Gasteiger partial charge in [0.15, 0.2) is 11.6 Å². The Morgan fingerprint density at radius 3 is 3.00 bits per heavy atom. The lowest BCUT2D eigenvalue weighted by atomic mass is 10.2. The van der Waals surface area contributed by atoms with E-state index in [1.807, 2.05) is 12.3 Å². The van der Waals surface area contributed by atoms with Crippen molar-refractivity contribution in [3.63, 3.8) is 0 Å². The summed E-state index contributed by atoms with van der Waals surface area (Å²) >= 11 is 0. The summed E-state index contributed by atoms with van der Waals surface area (Å²) in [7, 11) is 1.45. The first-order valence-electron chi connectivity index (χ1n) is 7.17. The van der Waals surface area contributed by atoms with Gasteiger partial charge in [-0.3, -0.25) is 0 Å². The monoisotopic (exact) mass is 290 g/mol. The second-order valence-electron chi connectivity index (χ2n) is 5.45. The van der Waals surface area contributed by atoms with Crippen LogP contribution in [-0.2, 0) is 13.1 Å². The molecule has 0 unspecified atom stereocenters. The lowest BCUT2D eigenvalue weighted by Gasteiger charge is -2.05. The van der Waals surface area contributed by atoms with Crippen molar-refractivity contribution in [1.29, 1.82) is 0 Å². The van der Waals surface area contributed by atoms with Crippen molar-refractivity contribution in [3.8, 4) is 5.75 Å². The fourth-order valence-electron chi connectivity index (χ4n) is 2.22. The van der Waals surface area contributed by atoms with Gasteiger partial charge < -0.3 is 10.1 Å². The van der Waals surface area contributed by atoms with Gasteiger partial charge in [-0.05, 0) is 43.0 Å². The molecule has 0 aliphatic heterocycles. The smallest absolute Gasteiger partial charge is 0.165 e. The van der Waals surface area contributed by atoms with Crippen LogP contribution in [0.15, 0.2) is 24.4 Å². The number of methoxy groups -OCH3 is 1. The molecule has 0 spiro atoms. The Labute approximate surface area is 123 Å². The van der Waals surface area contributed by atoms with Crippen LogP contribution in [0.2, 0.25) is 0 Å². The molecule has 21 heavy (non-hydrogen) atoms. The molecule has 112 valence electrons. The minimum Gasteiger partial charge on any atom is -0.494 e. The van der Waals surface area contributed by atoms with Crippen molar-refractivity contribution in [3.05, 3.63) is 41.5 Å². The van der Waals surface area contributed by atoms with Gasteiger partial charge in [0.2, 0.25) is 0 Å². The topological polar surface area (TPSA) is 52.0 Å². The van der Waals surface area contributed by atoms with Gasteiger partial charge >= 0.3 is 0 Å². The zero-order valence-corrected chi connectivity index (χ0v) is 12.1. The van der Waals surface area contributed by atoms with Crippen molar-refractivity contribution >= 4 is 0 Å². The van der Waals surface area contributed by atoms with Gasteiger partial charge in [-0.1, -0.05) is 11.3 Å². The number of aromatic nitrogens is 3. The Kier molecular flexibility index (Phi) is 4.15. The fraction of sp³-hybridized carbons (Fsp3) is 0.467. The van der Waals surface area contributed by atoms with E-state index in [4.69, 9.17) is 4.74 Å². The summed E-state index contributed by atoms with van der Waals surface area (Å²) in [4.78, 5) is 0. The highest BCUT2D eigenvalue weighted by molar-refractivity contribution is 5.29. The highest BCUT2D eigenvalue weighted by atomic mass is 19.1. The number of nitrogens with zero attached hydrogens (tertiary/aromatic N) is 3. The molecule has 2 aromatic rings. The summed E-state index contributed by atoms with van der Waals surface area (Å²) in [6.07, 6.45) is 4.56. The van der Waals surface area contributed by atoms with Crippen LogP contribution >= 0.6 is 0 Å². The van der Waals surface area contributed by atoms with E-state index in [2.05, 4.69) is 15.6 Å². The Morgan fingerprint density at radius 2 is 2.29 bits per heavy atom. The van der Waals surface area contributed by atoms with Crippen LogP contribution in [0.4, 0.5) is 4.39 Å². The Balaban J connectivity index is 1.56. The zero-order chi connectivity index (χ0) is 14.7. The minimum absolute atomic E-state index is 0.252. The second-order valence-corrected chi connectivity index (χ2v) is 5.45.